The highest BCUT2D eigenvalue weighted by atomic mass is 16.1. The summed E-state index contributed by atoms with van der Waals surface area (Å²) < 4.78 is 0. The fraction of sp³-hybridized carbons (Fsp3) is 0.182. The normalized spacial score (nSPS) is 15.6. The monoisotopic (exact) mass is 202 g/mol. The summed E-state index contributed by atoms with van der Waals surface area (Å²) in [5, 5.41) is 0. The van der Waals surface area contributed by atoms with Gasteiger partial charge in [0.2, 0.25) is 11.6 Å². The highest BCUT2D eigenvalue weighted by Gasteiger charge is 2.29. The number of rotatable bonds is 0. The number of fused-ring (bicyclic) bond motifs is 1. The van der Waals surface area contributed by atoms with Crippen molar-refractivity contribution in [3.8, 4) is 0 Å². The molecule has 4 heteroatoms. The second-order valence-corrected chi connectivity index (χ2v) is 3.55. The minimum atomic E-state index is -0.311. The van der Waals surface area contributed by atoms with Crippen molar-refractivity contribution < 1.29 is 9.59 Å². The Hall–Kier alpha value is -1.97. The van der Waals surface area contributed by atoms with E-state index in [0.717, 1.165) is 0 Å². The van der Waals surface area contributed by atoms with E-state index in [0.29, 0.717) is 11.3 Å². The van der Waals surface area contributed by atoms with Gasteiger partial charge < -0.3 is 5.73 Å². The number of carbonyl (C=O) groups excluding carboxylic acids is 2. The maximum atomic E-state index is 11.8. The van der Waals surface area contributed by atoms with Crippen molar-refractivity contribution in [3.05, 3.63) is 40.4 Å². The maximum absolute atomic E-state index is 11.8. The van der Waals surface area contributed by atoms with E-state index in [1.807, 2.05) is 0 Å². The van der Waals surface area contributed by atoms with Crippen molar-refractivity contribution in [2.45, 2.75) is 13.8 Å². The molecule has 0 bridgehead atoms. The molecular weight excluding hydrogens is 192 g/mol. The summed E-state index contributed by atoms with van der Waals surface area (Å²) in [4.78, 5) is 27.6. The average Bonchev–Trinajstić information content (AvgIpc) is 2.23. The van der Waals surface area contributed by atoms with Crippen molar-refractivity contribution in [2.24, 2.45) is 5.73 Å². The van der Waals surface area contributed by atoms with Crippen LogP contribution in [0.15, 0.2) is 23.4 Å². The van der Waals surface area contributed by atoms with E-state index in [2.05, 4.69) is 4.98 Å². The Kier molecular flexibility index (Phi) is 1.93. The summed E-state index contributed by atoms with van der Waals surface area (Å²) in [6.45, 7) is 3.32. The number of ketones is 2. The van der Waals surface area contributed by atoms with Crippen molar-refractivity contribution in [3.63, 3.8) is 0 Å². The quantitative estimate of drug-likeness (QED) is 0.681. The summed E-state index contributed by atoms with van der Waals surface area (Å²) in [5.41, 5.74) is 7.08. The molecule has 0 saturated heterocycles. The van der Waals surface area contributed by atoms with Gasteiger partial charge in [0.1, 0.15) is 5.69 Å². The first-order chi connectivity index (χ1) is 7.02. The van der Waals surface area contributed by atoms with Crippen LogP contribution >= 0.6 is 0 Å². The Morgan fingerprint density at radius 1 is 1.13 bits per heavy atom. The fourth-order valence-corrected chi connectivity index (χ4v) is 1.53. The largest absolute Gasteiger partial charge is 0.395 e. The summed E-state index contributed by atoms with van der Waals surface area (Å²) in [5.74, 6) is -0.569. The molecule has 1 aromatic heterocycles. The number of Topliss-reactive ketones (excluding diaryl/α,β-unsaturated/α-hetero) is 2. The van der Waals surface area contributed by atoms with E-state index in [-0.39, 0.29) is 28.5 Å². The van der Waals surface area contributed by atoms with Gasteiger partial charge in [-0.1, -0.05) is 0 Å². The number of aromatic nitrogens is 1. The Morgan fingerprint density at radius 2 is 1.80 bits per heavy atom. The maximum Gasteiger partial charge on any atom is 0.211 e. The number of nitrogens with two attached hydrogens (primary N) is 1. The first-order valence-electron chi connectivity index (χ1n) is 4.55. The topological polar surface area (TPSA) is 73.1 Å². The predicted molar refractivity (Wildman–Crippen MR) is 54.5 cm³/mol. The summed E-state index contributed by atoms with van der Waals surface area (Å²) in [7, 11) is 0. The SMILES string of the molecule is CC1=C(N)C(=O)c2ccc(C)nc2C1=O. The molecule has 76 valence electrons. The third-order valence-corrected chi connectivity index (χ3v) is 2.48. The van der Waals surface area contributed by atoms with Gasteiger partial charge in [0.15, 0.2) is 0 Å². The van der Waals surface area contributed by atoms with Crippen LogP contribution in [0.5, 0.6) is 0 Å². The molecule has 1 aliphatic rings. The van der Waals surface area contributed by atoms with Crippen LogP contribution in [0.3, 0.4) is 0 Å². The molecule has 0 radical (unpaired) electrons. The first kappa shape index (κ1) is 9.58. The number of allylic oxidation sites excluding steroid dienone is 2. The Labute approximate surface area is 86.8 Å². The molecule has 0 atom stereocenters. The Morgan fingerprint density at radius 3 is 2.47 bits per heavy atom. The van der Waals surface area contributed by atoms with Gasteiger partial charge in [-0.05, 0) is 26.0 Å². The van der Waals surface area contributed by atoms with Gasteiger partial charge in [0.25, 0.3) is 0 Å². The highest BCUT2D eigenvalue weighted by Crippen LogP contribution is 2.22. The molecule has 1 aliphatic carbocycles. The molecule has 0 aromatic carbocycles. The van der Waals surface area contributed by atoms with E-state index in [1.54, 1.807) is 26.0 Å². The molecule has 1 aromatic rings. The number of hydrogen-bond donors (Lipinski definition) is 1. The standard InChI is InChI=1S/C11H10N2O2/c1-5-3-4-7-9(13-5)10(14)6(2)8(12)11(7)15/h3-4H,12H2,1-2H3. The van der Waals surface area contributed by atoms with Gasteiger partial charge >= 0.3 is 0 Å². The number of nitrogens with zero attached hydrogens (tertiary/aromatic N) is 1. The van der Waals surface area contributed by atoms with Crippen LogP contribution in [0.2, 0.25) is 0 Å². The second-order valence-electron chi connectivity index (χ2n) is 3.55. The van der Waals surface area contributed by atoms with Crippen LogP contribution in [-0.2, 0) is 0 Å². The van der Waals surface area contributed by atoms with Gasteiger partial charge in [-0.3, -0.25) is 9.59 Å². The molecule has 15 heavy (non-hydrogen) atoms. The summed E-state index contributed by atoms with van der Waals surface area (Å²) >= 11 is 0. The smallest absolute Gasteiger partial charge is 0.211 e. The molecule has 0 aliphatic heterocycles. The molecule has 2 rings (SSSR count). The molecule has 2 N–H and O–H groups in total. The average molecular weight is 202 g/mol. The van der Waals surface area contributed by atoms with Crippen molar-refractivity contribution in [1.29, 1.82) is 0 Å². The van der Waals surface area contributed by atoms with Crippen LogP contribution in [0.1, 0.15) is 33.5 Å². The van der Waals surface area contributed by atoms with Crippen molar-refractivity contribution in [2.75, 3.05) is 0 Å². The van der Waals surface area contributed by atoms with Crippen molar-refractivity contribution in [1.82, 2.24) is 4.98 Å². The lowest BCUT2D eigenvalue weighted by Crippen LogP contribution is -2.26. The van der Waals surface area contributed by atoms with Gasteiger partial charge in [-0.2, -0.15) is 0 Å². The lowest BCUT2D eigenvalue weighted by Gasteiger charge is -2.15. The second kappa shape index (κ2) is 3.02. The molecule has 0 saturated carbocycles. The van der Waals surface area contributed by atoms with Gasteiger partial charge in [0.05, 0.1) is 11.3 Å². The number of carbonyl (C=O) groups is 2. The van der Waals surface area contributed by atoms with Gasteiger partial charge in [-0.15, -0.1) is 0 Å². The zero-order valence-corrected chi connectivity index (χ0v) is 8.50. The van der Waals surface area contributed by atoms with E-state index >= 15 is 0 Å². The lowest BCUT2D eigenvalue weighted by atomic mass is 9.92. The van der Waals surface area contributed by atoms with Crippen molar-refractivity contribution >= 4 is 11.6 Å². The summed E-state index contributed by atoms with van der Waals surface area (Å²) in [6, 6.07) is 3.29. The van der Waals surface area contributed by atoms with Crippen LogP contribution in [0.4, 0.5) is 0 Å². The fourth-order valence-electron chi connectivity index (χ4n) is 1.53. The minimum absolute atomic E-state index is 0.0261. The van der Waals surface area contributed by atoms with Crippen LogP contribution in [-0.4, -0.2) is 16.6 Å². The molecule has 1 heterocycles. The number of hydrogen-bond acceptors (Lipinski definition) is 4. The third-order valence-electron chi connectivity index (χ3n) is 2.48. The molecule has 4 nitrogen and oxygen atoms in total. The summed E-state index contributed by atoms with van der Waals surface area (Å²) in [6.07, 6.45) is 0. The Balaban J connectivity index is 2.73. The minimum Gasteiger partial charge on any atom is -0.395 e. The Bertz CT molecular complexity index is 515. The third kappa shape index (κ3) is 1.26. The van der Waals surface area contributed by atoms with Crippen LogP contribution in [0, 0.1) is 6.92 Å². The zero-order valence-electron chi connectivity index (χ0n) is 8.50. The molecule has 0 amide bonds. The van der Waals surface area contributed by atoms with Crippen LogP contribution in [0.25, 0.3) is 0 Å². The molecular formula is C11H10N2O2. The predicted octanol–water partition coefficient (Wildman–Crippen LogP) is 1.00. The van der Waals surface area contributed by atoms with E-state index < -0.39 is 0 Å². The highest BCUT2D eigenvalue weighted by molar-refractivity contribution is 6.25. The number of pyridine rings is 1. The molecule has 0 spiro atoms. The van der Waals surface area contributed by atoms with E-state index in [9.17, 15) is 9.59 Å². The molecule has 0 unspecified atom stereocenters. The number of aryl methyl sites for hydroxylation is 1. The van der Waals surface area contributed by atoms with E-state index in [1.165, 1.54) is 0 Å². The van der Waals surface area contributed by atoms with Gasteiger partial charge in [0, 0.05) is 11.3 Å². The molecule has 0 fully saturated rings. The van der Waals surface area contributed by atoms with Crippen LogP contribution < -0.4 is 5.73 Å². The zero-order chi connectivity index (χ0) is 11.2. The lowest BCUT2D eigenvalue weighted by molar-refractivity contribution is 0.0969. The first-order valence-corrected chi connectivity index (χ1v) is 4.55. The van der Waals surface area contributed by atoms with E-state index in [4.69, 9.17) is 5.73 Å². The van der Waals surface area contributed by atoms with Gasteiger partial charge in [-0.25, -0.2) is 4.98 Å².